The summed E-state index contributed by atoms with van der Waals surface area (Å²) in [6.45, 7) is 4.12. The van der Waals surface area contributed by atoms with Gasteiger partial charge in [-0.05, 0) is 57.3 Å². The van der Waals surface area contributed by atoms with Gasteiger partial charge in [0.15, 0.2) is 0 Å². The van der Waals surface area contributed by atoms with Gasteiger partial charge in [-0.2, -0.15) is 17.6 Å². The molecule has 3 aliphatic rings. The second-order valence-electron chi connectivity index (χ2n) is 8.26. The van der Waals surface area contributed by atoms with E-state index in [-0.39, 0.29) is 12.0 Å². The Morgan fingerprint density at radius 3 is 2.15 bits per heavy atom. The van der Waals surface area contributed by atoms with Gasteiger partial charge >= 0.3 is 11.8 Å². The average molecular weight is 368 g/mol. The van der Waals surface area contributed by atoms with Crippen LogP contribution in [0.2, 0.25) is 0 Å². The fraction of sp³-hybridized carbons (Fsp3) is 0.636. The third-order valence-electron chi connectivity index (χ3n) is 6.24. The quantitative estimate of drug-likeness (QED) is 0.454. The van der Waals surface area contributed by atoms with Crippen LogP contribution < -0.4 is 0 Å². The van der Waals surface area contributed by atoms with E-state index in [0.717, 1.165) is 31.3 Å². The van der Waals surface area contributed by atoms with Crippen molar-refractivity contribution in [1.82, 2.24) is 0 Å². The zero-order chi connectivity index (χ0) is 18.9. The van der Waals surface area contributed by atoms with Crippen molar-refractivity contribution in [3.8, 4) is 0 Å². The van der Waals surface area contributed by atoms with Crippen LogP contribution in [0.25, 0.3) is 0 Å². The lowest BCUT2D eigenvalue weighted by Crippen LogP contribution is -2.47. The van der Waals surface area contributed by atoms with Gasteiger partial charge in [-0.25, -0.2) is 0 Å². The molecule has 26 heavy (non-hydrogen) atoms. The minimum absolute atomic E-state index is 0.00715. The number of halogens is 4. The second-order valence-corrected chi connectivity index (χ2v) is 8.26. The van der Waals surface area contributed by atoms with Gasteiger partial charge in [0.25, 0.3) is 0 Å². The summed E-state index contributed by atoms with van der Waals surface area (Å²) < 4.78 is 58.7. The topological polar surface area (TPSA) is 0 Å². The van der Waals surface area contributed by atoms with Crippen molar-refractivity contribution >= 4 is 0 Å². The van der Waals surface area contributed by atoms with Gasteiger partial charge in [-0.15, -0.1) is 0 Å². The summed E-state index contributed by atoms with van der Waals surface area (Å²) >= 11 is 0. The SMILES string of the molecule is CC1=CC=C(CCC2=CC=C(C3CCC(C)CC3)C(F)(F)C2(F)F)CC1. The van der Waals surface area contributed by atoms with Crippen LogP contribution in [0.15, 0.2) is 46.6 Å². The summed E-state index contributed by atoms with van der Waals surface area (Å²) in [5.74, 6) is -8.07. The molecule has 0 spiro atoms. The molecule has 0 unspecified atom stereocenters. The second kappa shape index (κ2) is 7.36. The number of rotatable bonds is 4. The van der Waals surface area contributed by atoms with Gasteiger partial charge in [0.2, 0.25) is 0 Å². The molecule has 144 valence electrons. The molecule has 0 atom stereocenters. The summed E-state index contributed by atoms with van der Waals surface area (Å²) in [5.41, 5.74) is 1.54. The fourth-order valence-electron chi connectivity index (χ4n) is 4.27. The number of hydrogen-bond donors (Lipinski definition) is 0. The summed E-state index contributed by atoms with van der Waals surface area (Å²) in [6.07, 6.45) is 11.5. The van der Waals surface area contributed by atoms with Gasteiger partial charge in [0.1, 0.15) is 0 Å². The fourth-order valence-corrected chi connectivity index (χ4v) is 4.27. The Kier molecular flexibility index (Phi) is 5.50. The van der Waals surface area contributed by atoms with E-state index in [9.17, 15) is 17.6 Å². The molecule has 0 radical (unpaired) electrons. The molecule has 0 aromatic rings. The molecular formula is C22H28F4. The maximum Gasteiger partial charge on any atom is 0.336 e. The normalized spacial score (nSPS) is 30.8. The van der Waals surface area contributed by atoms with Crippen LogP contribution in [-0.4, -0.2) is 11.8 Å². The molecule has 0 N–H and O–H groups in total. The molecule has 0 nitrogen and oxygen atoms in total. The largest absolute Gasteiger partial charge is 0.336 e. The van der Waals surface area contributed by atoms with E-state index in [1.165, 1.54) is 17.7 Å². The molecule has 0 aromatic carbocycles. The molecule has 0 aromatic heterocycles. The van der Waals surface area contributed by atoms with Crippen molar-refractivity contribution in [2.75, 3.05) is 0 Å². The Balaban J connectivity index is 1.76. The van der Waals surface area contributed by atoms with Crippen LogP contribution >= 0.6 is 0 Å². The van der Waals surface area contributed by atoms with Crippen molar-refractivity contribution in [1.29, 1.82) is 0 Å². The summed E-state index contributed by atoms with van der Waals surface area (Å²) in [6, 6.07) is 0. The average Bonchev–Trinajstić information content (AvgIpc) is 2.59. The summed E-state index contributed by atoms with van der Waals surface area (Å²) in [4.78, 5) is 0. The molecule has 0 bridgehead atoms. The molecule has 0 saturated heterocycles. The zero-order valence-corrected chi connectivity index (χ0v) is 15.6. The van der Waals surface area contributed by atoms with Crippen molar-refractivity contribution in [3.05, 3.63) is 46.6 Å². The van der Waals surface area contributed by atoms with Gasteiger partial charge in [-0.1, -0.05) is 55.2 Å². The molecule has 0 amide bonds. The van der Waals surface area contributed by atoms with Gasteiger partial charge in [-0.3, -0.25) is 0 Å². The Labute approximate surface area is 153 Å². The van der Waals surface area contributed by atoms with E-state index in [0.29, 0.717) is 25.2 Å². The Hall–Kier alpha value is -1.32. The standard InChI is InChI=1S/C22H28F4/c1-15-3-7-17(8-4-15)9-12-19-13-14-20(22(25,26)21(19,23)24)18-10-5-16(2)6-11-18/h3,7,13-14,16,18H,4-6,8-12H2,1-2H3. The zero-order valence-electron chi connectivity index (χ0n) is 15.6. The van der Waals surface area contributed by atoms with E-state index < -0.39 is 23.3 Å². The summed E-state index contributed by atoms with van der Waals surface area (Å²) in [7, 11) is 0. The Bertz CT molecular complexity index is 656. The van der Waals surface area contributed by atoms with Gasteiger partial charge in [0, 0.05) is 11.1 Å². The van der Waals surface area contributed by atoms with Crippen LogP contribution in [0, 0.1) is 11.8 Å². The molecule has 4 heteroatoms. The highest BCUT2D eigenvalue weighted by Gasteiger charge is 2.62. The molecule has 0 aliphatic heterocycles. The van der Waals surface area contributed by atoms with E-state index in [1.54, 1.807) is 0 Å². The van der Waals surface area contributed by atoms with E-state index in [2.05, 4.69) is 6.92 Å². The van der Waals surface area contributed by atoms with E-state index in [1.807, 2.05) is 19.1 Å². The van der Waals surface area contributed by atoms with Gasteiger partial charge in [0.05, 0.1) is 0 Å². The van der Waals surface area contributed by atoms with Crippen LogP contribution in [0.5, 0.6) is 0 Å². The first-order valence-electron chi connectivity index (χ1n) is 9.74. The van der Waals surface area contributed by atoms with Crippen LogP contribution in [-0.2, 0) is 0 Å². The Morgan fingerprint density at radius 1 is 0.846 bits per heavy atom. The first-order chi connectivity index (χ1) is 12.2. The third kappa shape index (κ3) is 3.70. The van der Waals surface area contributed by atoms with E-state index in [4.69, 9.17) is 0 Å². The van der Waals surface area contributed by atoms with Crippen molar-refractivity contribution in [2.45, 2.75) is 77.1 Å². The van der Waals surface area contributed by atoms with Crippen molar-refractivity contribution in [3.63, 3.8) is 0 Å². The smallest absolute Gasteiger partial charge is 0.194 e. The molecule has 1 saturated carbocycles. The third-order valence-corrected chi connectivity index (χ3v) is 6.24. The lowest BCUT2D eigenvalue weighted by atomic mass is 9.73. The minimum atomic E-state index is -4.08. The summed E-state index contributed by atoms with van der Waals surface area (Å²) in [5, 5.41) is 0. The molecule has 1 fully saturated rings. The van der Waals surface area contributed by atoms with Crippen molar-refractivity contribution in [2.24, 2.45) is 11.8 Å². The maximum absolute atomic E-state index is 14.7. The predicted molar refractivity (Wildman–Crippen MR) is 97.5 cm³/mol. The highest BCUT2D eigenvalue weighted by atomic mass is 19.3. The van der Waals surface area contributed by atoms with Crippen molar-refractivity contribution < 1.29 is 17.6 Å². The lowest BCUT2D eigenvalue weighted by molar-refractivity contribution is -0.169. The van der Waals surface area contributed by atoms with Crippen LogP contribution in [0.3, 0.4) is 0 Å². The van der Waals surface area contributed by atoms with Crippen LogP contribution in [0.1, 0.15) is 65.2 Å². The highest BCUT2D eigenvalue weighted by Crippen LogP contribution is 2.53. The highest BCUT2D eigenvalue weighted by molar-refractivity contribution is 5.39. The number of hydrogen-bond acceptors (Lipinski definition) is 0. The number of allylic oxidation sites excluding steroid dienone is 8. The molecule has 0 heterocycles. The molecule has 3 rings (SSSR count). The monoisotopic (exact) mass is 368 g/mol. The van der Waals surface area contributed by atoms with E-state index >= 15 is 0 Å². The molecule has 3 aliphatic carbocycles. The lowest BCUT2D eigenvalue weighted by Gasteiger charge is -2.38. The molecular weight excluding hydrogens is 340 g/mol. The van der Waals surface area contributed by atoms with Gasteiger partial charge < -0.3 is 0 Å². The maximum atomic E-state index is 14.7. The Morgan fingerprint density at radius 2 is 1.54 bits per heavy atom. The minimum Gasteiger partial charge on any atom is -0.194 e. The number of alkyl halides is 4. The predicted octanol–water partition coefficient (Wildman–Crippen LogP) is 7.40. The first-order valence-corrected chi connectivity index (χ1v) is 9.74. The van der Waals surface area contributed by atoms with Crippen LogP contribution in [0.4, 0.5) is 17.6 Å². The first kappa shape index (κ1) is 19.4.